The Balaban J connectivity index is 0.00000220. The highest BCUT2D eigenvalue weighted by Gasteiger charge is 2.15. The van der Waals surface area contributed by atoms with Crippen molar-refractivity contribution in [3.05, 3.63) is 45.6 Å². The van der Waals surface area contributed by atoms with Crippen LogP contribution in [0.3, 0.4) is 0 Å². The van der Waals surface area contributed by atoms with E-state index in [1.54, 1.807) is 19.1 Å². The van der Waals surface area contributed by atoms with Crippen LogP contribution >= 0.6 is 32.9 Å². The van der Waals surface area contributed by atoms with Crippen LogP contribution in [0.25, 0.3) is 10.9 Å². The third kappa shape index (κ3) is 3.76. The van der Waals surface area contributed by atoms with E-state index in [4.69, 9.17) is 4.74 Å². The van der Waals surface area contributed by atoms with Crippen molar-refractivity contribution >= 4 is 55.5 Å². The number of fused-ring (bicyclic) bond motifs is 1. The molecule has 0 unspecified atom stereocenters. The number of carbonyl (C=O) groups is 1. The van der Waals surface area contributed by atoms with E-state index in [2.05, 4.69) is 20.9 Å². The summed E-state index contributed by atoms with van der Waals surface area (Å²) in [6.07, 6.45) is 0. The number of ether oxygens (including phenoxy) is 1. The van der Waals surface area contributed by atoms with Crippen LogP contribution in [0.1, 0.15) is 23.0 Å². The van der Waals surface area contributed by atoms with Crippen LogP contribution in [-0.4, -0.2) is 22.5 Å². The number of nitro benzene ring substituents is 1. The number of hydrogen-bond acceptors (Lipinski definition) is 5. The van der Waals surface area contributed by atoms with Crippen molar-refractivity contribution < 1.29 is 14.5 Å². The monoisotopic (exact) mass is 418 g/mol. The third-order valence-electron chi connectivity index (χ3n) is 2.72. The Morgan fingerprint density at radius 1 is 1.43 bits per heavy atom. The van der Waals surface area contributed by atoms with Gasteiger partial charge in [-0.15, -0.1) is 17.0 Å². The van der Waals surface area contributed by atoms with Crippen LogP contribution in [0.5, 0.6) is 0 Å². The molecule has 0 atom stereocenters. The van der Waals surface area contributed by atoms with E-state index in [0.717, 1.165) is 10.9 Å². The number of hydrogen-bond donors (Lipinski definition) is 0. The first kappa shape index (κ1) is 17.5. The molecule has 2 rings (SSSR count). The number of non-ortho nitro benzene ring substituents is 1. The molecule has 0 N–H and O–H groups in total. The van der Waals surface area contributed by atoms with Gasteiger partial charge in [0.05, 0.1) is 17.0 Å². The van der Waals surface area contributed by atoms with Crippen molar-refractivity contribution in [2.45, 2.75) is 12.3 Å². The lowest BCUT2D eigenvalue weighted by Crippen LogP contribution is -2.07. The van der Waals surface area contributed by atoms with Gasteiger partial charge in [-0.25, -0.2) is 9.78 Å². The molecule has 0 spiro atoms. The van der Waals surface area contributed by atoms with E-state index in [-0.39, 0.29) is 35.0 Å². The summed E-state index contributed by atoms with van der Waals surface area (Å²) in [4.78, 5) is 26.2. The highest BCUT2D eigenvalue weighted by atomic mass is 79.9. The summed E-state index contributed by atoms with van der Waals surface area (Å²) in [5.41, 5.74) is 1.23. The van der Waals surface area contributed by atoms with Gasteiger partial charge < -0.3 is 4.74 Å². The minimum absolute atomic E-state index is 0. The third-order valence-corrected chi connectivity index (χ3v) is 3.32. The maximum atomic E-state index is 11.6. The van der Waals surface area contributed by atoms with Gasteiger partial charge in [-0.2, -0.15) is 0 Å². The molecule has 0 saturated heterocycles. The van der Waals surface area contributed by atoms with Crippen molar-refractivity contribution in [1.29, 1.82) is 0 Å². The summed E-state index contributed by atoms with van der Waals surface area (Å²) in [6, 6.07) is 6.11. The number of rotatable bonds is 4. The van der Waals surface area contributed by atoms with Gasteiger partial charge in [-0.1, -0.05) is 22.0 Å². The number of nitrogens with zero attached hydrogens (tertiary/aromatic N) is 2. The maximum absolute atomic E-state index is 11.6. The van der Waals surface area contributed by atoms with Crippen molar-refractivity contribution in [2.75, 3.05) is 6.61 Å². The summed E-state index contributed by atoms with van der Waals surface area (Å²) in [5, 5.41) is 12.1. The predicted molar refractivity (Wildman–Crippen MR) is 87.3 cm³/mol. The average Bonchev–Trinajstić information content (AvgIpc) is 2.45. The first-order valence-electron chi connectivity index (χ1n) is 5.88. The van der Waals surface area contributed by atoms with Crippen LogP contribution in [0, 0.1) is 10.1 Å². The van der Waals surface area contributed by atoms with E-state index >= 15 is 0 Å². The van der Waals surface area contributed by atoms with Crippen LogP contribution in [-0.2, 0) is 10.1 Å². The zero-order valence-electron chi connectivity index (χ0n) is 11.0. The minimum atomic E-state index is -0.540. The molecule has 2 aromatic rings. The molecule has 1 heterocycles. The van der Waals surface area contributed by atoms with Crippen molar-refractivity contribution in [3.8, 4) is 0 Å². The van der Waals surface area contributed by atoms with Gasteiger partial charge in [0.25, 0.3) is 5.69 Å². The van der Waals surface area contributed by atoms with E-state index in [1.807, 2.05) is 0 Å². The largest absolute Gasteiger partial charge is 0.461 e. The fraction of sp³-hybridized carbons (Fsp3) is 0.231. The number of nitro groups is 1. The molecular weight excluding hydrogens is 408 g/mol. The average molecular weight is 420 g/mol. The normalized spacial score (nSPS) is 10.0. The Kier molecular flexibility index (Phi) is 6.22. The van der Waals surface area contributed by atoms with Gasteiger partial charge in [0, 0.05) is 22.8 Å². The number of pyridine rings is 1. The van der Waals surface area contributed by atoms with Crippen LogP contribution in [0.2, 0.25) is 0 Å². The topological polar surface area (TPSA) is 82.3 Å². The molecule has 0 saturated carbocycles. The Labute approximate surface area is 139 Å². The first-order valence-corrected chi connectivity index (χ1v) is 7.00. The van der Waals surface area contributed by atoms with Gasteiger partial charge in [0.2, 0.25) is 0 Å². The van der Waals surface area contributed by atoms with E-state index in [9.17, 15) is 14.9 Å². The predicted octanol–water partition coefficient (Wildman–Crippen LogP) is 3.79. The van der Waals surface area contributed by atoms with Crippen LogP contribution in [0.15, 0.2) is 24.3 Å². The first-order chi connectivity index (χ1) is 9.56. The van der Waals surface area contributed by atoms with Gasteiger partial charge in [0.1, 0.15) is 5.69 Å². The molecule has 112 valence electrons. The molecule has 6 nitrogen and oxygen atoms in total. The lowest BCUT2D eigenvalue weighted by molar-refractivity contribution is -0.384. The number of carbonyl (C=O) groups excluding carboxylic acids is 1. The second-order valence-corrected chi connectivity index (χ2v) is 4.54. The maximum Gasteiger partial charge on any atom is 0.356 e. The molecule has 0 amide bonds. The Hall–Kier alpha value is -1.54. The fourth-order valence-corrected chi connectivity index (χ4v) is 2.29. The molecule has 0 radical (unpaired) electrons. The fourth-order valence-electron chi connectivity index (χ4n) is 1.83. The summed E-state index contributed by atoms with van der Waals surface area (Å²) in [6.45, 7) is 1.95. The van der Waals surface area contributed by atoms with E-state index in [1.165, 1.54) is 12.1 Å². The number of alkyl halides is 1. The second kappa shape index (κ2) is 7.46. The van der Waals surface area contributed by atoms with Crippen molar-refractivity contribution in [1.82, 2.24) is 4.98 Å². The summed E-state index contributed by atoms with van der Waals surface area (Å²) < 4.78 is 4.87. The summed E-state index contributed by atoms with van der Waals surface area (Å²) >= 11 is 3.29. The van der Waals surface area contributed by atoms with E-state index < -0.39 is 10.9 Å². The molecule has 0 fully saturated rings. The molecule has 21 heavy (non-hydrogen) atoms. The lowest BCUT2D eigenvalue weighted by atomic mass is 10.1. The van der Waals surface area contributed by atoms with Crippen LogP contribution < -0.4 is 0 Å². The summed E-state index contributed by atoms with van der Waals surface area (Å²) in [5.74, 6) is -0.540. The zero-order chi connectivity index (χ0) is 14.7. The number of esters is 1. The smallest absolute Gasteiger partial charge is 0.356 e. The quantitative estimate of drug-likeness (QED) is 0.326. The highest BCUT2D eigenvalue weighted by molar-refractivity contribution is 9.08. The molecule has 0 aliphatic heterocycles. The Morgan fingerprint density at radius 2 is 2.14 bits per heavy atom. The van der Waals surface area contributed by atoms with Crippen molar-refractivity contribution in [3.63, 3.8) is 0 Å². The van der Waals surface area contributed by atoms with Gasteiger partial charge >= 0.3 is 5.97 Å². The van der Waals surface area contributed by atoms with Crippen LogP contribution in [0.4, 0.5) is 5.69 Å². The SMILES string of the molecule is Br.CCOC(=O)c1ccc2c(CBr)cc([N+](=O)[O-])cc2n1. The zero-order valence-corrected chi connectivity index (χ0v) is 14.3. The van der Waals surface area contributed by atoms with Crippen molar-refractivity contribution in [2.24, 2.45) is 0 Å². The Bertz CT molecular complexity index is 691. The molecule has 1 aromatic heterocycles. The van der Waals surface area contributed by atoms with Gasteiger partial charge in [0.15, 0.2) is 0 Å². The molecule has 0 aliphatic rings. The second-order valence-electron chi connectivity index (χ2n) is 3.98. The number of halogens is 2. The minimum Gasteiger partial charge on any atom is -0.461 e. The van der Waals surface area contributed by atoms with E-state index in [0.29, 0.717) is 10.8 Å². The molecule has 1 aromatic carbocycles. The molecular formula is C13H12Br2N2O4. The highest BCUT2D eigenvalue weighted by Crippen LogP contribution is 2.26. The number of benzene rings is 1. The Morgan fingerprint density at radius 3 is 2.71 bits per heavy atom. The summed E-state index contributed by atoms with van der Waals surface area (Å²) in [7, 11) is 0. The van der Waals surface area contributed by atoms with Gasteiger partial charge in [-0.3, -0.25) is 10.1 Å². The number of aromatic nitrogens is 1. The molecule has 0 bridgehead atoms. The lowest BCUT2D eigenvalue weighted by Gasteiger charge is -2.06. The van der Waals surface area contributed by atoms with Gasteiger partial charge in [-0.05, 0) is 18.6 Å². The standard InChI is InChI=1S/C13H11BrN2O4.BrH/c1-2-20-13(17)11-4-3-10-8(7-14)5-9(16(18)19)6-12(10)15-11;/h3-6H,2,7H2,1H3;1H. The molecule has 0 aliphatic carbocycles. The molecule has 8 heteroatoms.